The highest BCUT2D eigenvalue weighted by molar-refractivity contribution is 6.33. The molecule has 0 spiro atoms. The number of aliphatic hydroxyl groups is 1. The van der Waals surface area contributed by atoms with E-state index in [1.54, 1.807) is 35.2 Å². The van der Waals surface area contributed by atoms with Gasteiger partial charge in [0, 0.05) is 32.1 Å². The minimum Gasteiger partial charge on any atom is -0.388 e. The van der Waals surface area contributed by atoms with Gasteiger partial charge in [0.1, 0.15) is 0 Å². The van der Waals surface area contributed by atoms with Crippen LogP contribution in [0.15, 0.2) is 35.4 Å². The van der Waals surface area contributed by atoms with E-state index in [4.69, 9.17) is 16.3 Å². The van der Waals surface area contributed by atoms with Gasteiger partial charge < -0.3 is 20.5 Å². The number of piperidine rings is 1. The summed E-state index contributed by atoms with van der Waals surface area (Å²) in [6, 6.07) is 4.98. The highest BCUT2D eigenvalue weighted by Gasteiger charge is 2.28. The number of benzene rings is 1. The molecule has 1 aromatic heterocycles. The van der Waals surface area contributed by atoms with E-state index in [-0.39, 0.29) is 23.7 Å². The lowest BCUT2D eigenvalue weighted by atomic mass is 9.94. The quantitative estimate of drug-likeness (QED) is 0.360. The van der Waals surface area contributed by atoms with Crippen LogP contribution in [-0.2, 0) is 11.3 Å². The van der Waals surface area contributed by atoms with Gasteiger partial charge >= 0.3 is 5.69 Å². The molecule has 1 aliphatic carbocycles. The normalized spacial score (nSPS) is 18.8. The van der Waals surface area contributed by atoms with E-state index in [1.165, 1.54) is 4.57 Å². The number of nitrogens with zero attached hydrogens (tertiary/aromatic N) is 2. The summed E-state index contributed by atoms with van der Waals surface area (Å²) in [7, 11) is 0. The number of ether oxygens (including phenoxy) is 1. The molecule has 0 bridgehead atoms. The molecule has 1 saturated heterocycles. The highest BCUT2D eigenvalue weighted by atomic mass is 35.5. The van der Waals surface area contributed by atoms with E-state index in [2.05, 4.69) is 10.6 Å². The molecule has 4 rings (SSSR count). The van der Waals surface area contributed by atoms with Crippen LogP contribution < -0.4 is 16.3 Å². The van der Waals surface area contributed by atoms with Gasteiger partial charge in [0.25, 0.3) is 5.91 Å². The molecule has 1 saturated carbocycles. The largest absolute Gasteiger partial charge is 0.388 e. The number of aromatic nitrogens is 2. The zero-order valence-corrected chi connectivity index (χ0v) is 21.1. The number of carbonyl (C=O) groups excluding carboxylic acids is 1. The summed E-state index contributed by atoms with van der Waals surface area (Å²) in [6.45, 7) is 3.38. The molecule has 1 aliphatic heterocycles. The van der Waals surface area contributed by atoms with Crippen LogP contribution in [0.4, 0.5) is 0 Å². The molecule has 2 heterocycles. The zero-order chi connectivity index (χ0) is 24.7. The van der Waals surface area contributed by atoms with Crippen LogP contribution in [0.5, 0.6) is 0 Å². The fourth-order valence-corrected chi connectivity index (χ4v) is 5.17. The summed E-state index contributed by atoms with van der Waals surface area (Å²) in [5.74, 6) is -0.350. The van der Waals surface area contributed by atoms with E-state index in [0.29, 0.717) is 42.8 Å². The molecule has 8 nitrogen and oxygen atoms in total. The van der Waals surface area contributed by atoms with Gasteiger partial charge in [-0.15, -0.1) is 0 Å². The van der Waals surface area contributed by atoms with Crippen molar-refractivity contribution >= 4 is 17.5 Å². The van der Waals surface area contributed by atoms with E-state index < -0.39 is 5.60 Å². The Bertz CT molecular complexity index is 1040. The lowest BCUT2D eigenvalue weighted by Crippen LogP contribution is -2.42. The fraction of sp³-hybridized carbons (Fsp3) is 0.615. The lowest BCUT2D eigenvalue weighted by molar-refractivity contribution is 0.0246. The third-order valence-corrected chi connectivity index (χ3v) is 7.45. The van der Waals surface area contributed by atoms with Crippen LogP contribution in [0.3, 0.4) is 0 Å². The second kappa shape index (κ2) is 12.2. The van der Waals surface area contributed by atoms with E-state index >= 15 is 0 Å². The monoisotopic (exact) mass is 504 g/mol. The Morgan fingerprint density at radius 1 is 1.17 bits per heavy atom. The van der Waals surface area contributed by atoms with Gasteiger partial charge in [0.2, 0.25) is 0 Å². The van der Waals surface area contributed by atoms with Gasteiger partial charge in [0.15, 0.2) is 0 Å². The molecule has 1 aromatic carbocycles. The highest BCUT2D eigenvalue weighted by Crippen LogP contribution is 2.27. The molecule has 2 fully saturated rings. The Morgan fingerprint density at radius 3 is 2.66 bits per heavy atom. The summed E-state index contributed by atoms with van der Waals surface area (Å²) in [4.78, 5) is 25.8. The van der Waals surface area contributed by atoms with E-state index in [1.807, 2.05) is 0 Å². The first kappa shape index (κ1) is 25.9. The Morgan fingerprint density at radius 2 is 1.91 bits per heavy atom. The number of aryl methyl sites for hydroxylation is 1. The summed E-state index contributed by atoms with van der Waals surface area (Å²) < 4.78 is 9.10. The Kier molecular flexibility index (Phi) is 9.05. The van der Waals surface area contributed by atoms with Crippen molar-refractivity contribution in [1.29, 1.82) is 0 Å². The standard InChI is InChI=1S/C26H37ClN4O4/c27-23-7-6-20(18-22(23)24(32)29-19-26(34)10-3-1-2-4-11-26)31-16-15-30(25(31)33)14-5-17-35-21-8-12-28-13-9-21/h6-7,15-16,18,21,28,34H,1-5,8-14,17,19H2,(H,29,32). The number of carbonyl (C=O) groups is 1. The zero-order valence-electron chi connectivity index (χ0n) is 20.3. The first-order valence-corrected chi connectivity index (χ1v) is 13.2. The molecule has 0 atom stereocenters. The van der Waals surface area contributed by atoms with Crippen LogP contribution in [0, 0.1) is 0 Å². The number of hydrogen-bond donors (Lipinski definition) is 3. The van der Waals surface area contributed by atoms with Crippen molar-refractivity contribution in [3.05, 3.63) is 51.7 Å². The number of nitrogens with one attached hydrogen (secondary N) is 2. The fourth-order valence-electron chi connectivity index (χ4n) is 4.97. The van der Waals surface area contributed by atoms with Crippen molar-refractivity contribution in [2.45, 2.75) is 76.0 Å². The van der Waals surface area contributed by atoms with Gasteiger partial charge in [-0.3, -0.25) is 13.9 Å². The predicted molar refractivity (Wildman–Crippen MR) is 136 cm³/mol. The Labute approximate surface area is 211 Å². The van der Waals surface area contributed by atoms with E-state index in [0.717, 1.165) is 58.0 Å². The second-order valence-corrected chi connectivity index (χ2v) is 10.2. The van der Waals surface area contributed by atoms with Crippen LogP contribution in [-0.4, -0.2) is 58.1 Å². The van der Waals surface area contributed by atoms with Crippen molar-refractivity contribution < 1.29 is 14.6 Å². The molecular formula is C26H37ClN4O4. The SMILES string of the molecule is O=C(NCC1(O)CCCCCC1)c1cc(-n2ccn(CCCOC3CCNCC3)c2=O)ccc1Cl. The first-order valence-electron chi connectivity index (χ1n) is 12.9. The lowest BCUT2D eigenvalue weighted by Gasteiger charge is -2.26. The van der Waals surface area contributed by atoms with Gasteiger partial charge in [0.05, 0.1) is 28.0 Å². The molecule has 2 aliphatic rings. The number of rotatable bonds is 9. The third kappa shape index (κ3) is 6.97. The average molecular weight is 505 g/mol. The minimum absolute atomic E-state index is 0.173. The average Bonchev–Trinajstić information content (AvgIpc) is 3.08. The molecule has 35 heavy (non-hydrogen) atoms. The molecule has 2 aromatic rings. The van der Waals surface area contributed by atoms with Crippen molar-refractivity contribution in [2.24, 2.45) is 0 Å². The molecule has 3 N–H and O–H groups in total. The van der Waals surface area contributed by atoms with Crippen LogP contribution in [0.1, 0.15) is 68.1 Å². The van der Waals surface area contributed by atoms with Gasteiger partial charge in [-0.1, -0.05) is 37.3 Å². The number of imidazole rings is 1. The summed E-state index contributed by atoms with van der Waals surface area (Å²) in [5, 5.41) is 17.3. The maximum absolute atomic E-state index is 12.9. The number of amides is 1. The Balaban J connectivity index is 1.36. The molecule has 0 unspecified atom stereocenters. The first-order chi connectivity index (χ1) is 17.0. The van der Waals surface area contributed by atoms with Crippen LogP contribution in [0.2, 0.25) is 5.02 Å². The van der Waals surface area contributed by atoms with Crippen molar-refractivity contribution in [3.8, 4) is 5.69 Å². The number of halogens is 1. The summed E-state index contributed by atoms with van der Waals surface area (Å²) in [6.07, 6.45) is 12.1. The maximum atomic E-state index is 12.9. The maximum Gasteiger partial charge on any atom is 0.332 e. The van der Waals surface area contributed by atoms with Gasteiger partial charge in [-0.05, 0) is 63.4 Å². The van der Waals surface area contributed by atoms with Crippen molar-refractivity contribution in [2.75, 3.05) is 26.2 Å². The summed E-state index contributed by atoms with van der Waals surface area (Å²) in [5.41, 5.74) is -0.186. The number of hydrogen-bond acceptors (Lipinski definition) is 5. The van der Waals surface area contributed by atoms with Crippen LogP contribution >= 0.6 is 11.6 Å². The summed E-state index contributed by atoms with van der Waals surface area (Å²) >= 11 is 6.32. The molecular weight excluding hydrogens is 468 g/mol. The van der Waals surface area contributed by atoms with Crippen LogP contribution in [0.25, 0.3) is 5.69 Å². The third-order valence-electron chi connectivity index (χ3n) is 7.12. The molecule has 0 radical (unpaired) electrons. The van der Waals surface area contributed by atoms with Gasteiger partial charge in [-0.25, -0.2) is 4.79 Å². The Hall–Kier alpha value is -2.13. The van der Waals surface area contributed by atoms with E-state index in [9.17, 15) is 14.7 Å². The topological polar surface area (TPSA) is 97.5 Å². The van der Waals surface area contributed by atoms with Crippen molar-refractivity contribution in [3.63, 3.8) is 0 Å². The van der Waals surface area contributed by atoms with Crippen molar-refractivity contribution in [1.82, 2.24) is 19.8 Å². The smallest absolute Gasteiger partial charge is 0.332 e. The molecule has 1 amide bonds. The molecule has 9 heteroatoms. The second-order valence-electron chi connectivity index (χ2n) is 9.80. The predicted octanol–water partition coefficient (Wildman–Crippen LogP) is 3.27. The van der Waals surface area contributed by atoms with Gasteiger partial charge in [-0.2, -0.15) is 0 Å². The minimum atomic E-state index is -0.873. The molecule has 192 valence electrons.